The Labute approximate surface area is 221 Å². The van der Waals surface area contributed by atoms with Gasteiger partial charge in [0, 0.05) is 28.1 Å². The fourth-order valence-corrected chi connectivity index (χ4v) is 4.89. The van der Waals surface area contributed by atoms with E-state index in [9.17, 15) is 14.9 Å². The summed E-state index contributed by atoms with van der Waals surface area (Å²) in [4.78, 5) is 29.3. The summed E-state index contributed by atoms with van der Waals surface area (Å²) in [5.74, 6) is 1.18. The Bertz CT molecular complexity index is 1530. The van der Waals surface area contributed by atoms with E-state index in [2.05, 4.69) is 21.0 Å². The number of non-ortho nitro benzene ring substituents is 1. The van der Waals surface area contributed by atoms with E-state index in [0.29, 0.717) is 28.0 Å². The van der Waals surface area contributed by atoms with Gasteiger partial charge in [-0.05, 0) is 48.7 Å². The molecule has 1 heterocycles. The van der Waals surface area contributed by atoms with Gasteiger partial charge in [0.15, 0.2) is 0 Å². The summed E-state index contributed by atoms with van der Waals surface area (Å²) < 4.78 is 8.32. The molecule has 188 valence electrons. The summed E-state index contributed by atoms with van der Waals surface area (Å²) in [6, 6.07) is 19.3. The number of para-hydroxylation sites is 1. The van der Waals surface area contributed by atoms with Crippen LogP contribution >= 0.6 is 15.9 Å². The van der Waals surface area contributed by atoms with Crippen molar-refractivity contribution in [3.8, 4) is 5.75 Å². The molecule has 1 aliphatic carbocycles. The average molecular weight is 561 g/mol. The highest BCUT2D eigenvalue weighted by molar-refractivity contribution is 9.10. The number of hydrogen-bond acceptors (Lipinski definition) is 6. The fraction of sp³-hybridized carbons (Fsp3) is 0.250. The molecule has 1 saturated carbocycles. The molecule has 0 amide bonds. The van der Waals surface area contributed by atoms with Crippen molar-refractivity contribution in [1.82, 2.24) is 9.66 Å². The van der Waals surface area contributed by atoms with Crippen LogP contribution in [0.5, 0.6) is 5.75 Å². The molecule has 0 unspecified atom stereocenters. The zero-order valence-corrected chi connectivity index (χ0v) is 21.6. The van der Waals surface area contributed by atoms with Gasteiger partial charge in [0.25, 0.3) is 11.2 Å². The minimum atomic E-state index is -0.465. The number of nitro benzene ring substituents is 1. The maximum absolute atomic E-state index is 13.5. The quantitative estimate of drug-likeness (QED) is 0.144. The summed E-state index contributed by atoms with van der Waals surface area (Å²) in [6.45, 7) is 0.275. The molecule has 37 heavy (non-hydrogen) atoms. The van der Waals surface area contributed by atoms with Crippen molar-refractivity contribution < 1.29 is 9.66 Å². The lowest BCUT2D eigenvalue weighted by atomic mass is 9.88. The third kappa shape index (κ3) is 5.61. The zero-order chi connectivity index (χ0) is 25.8. The second kappa shape index (κ2) is 11.0. The maximum atomic E-state index is 13.5. The molecule has 5 rings (SSSR count). The van der Waals surface area contributed by atoms with E-state index in [1.165, 1.54) is 29.4 Å². The molecule has 1 aromatic heterocycles. The molecule has 1 aliphatic rings. The van der Waals surface area contributed by atoms with E-state index in [-0.39, 0.29) is 23.8 Å². The van der Waals surface area contributed by atoms with Gasteiger partial charge in [-0.1, -0.05) is 59.5 Å². The largest absolute Gasteiger partial charge is 0.488 e. The highest BCUT2D eigenvalue weighted by Crippen LogP contribution is 2.32. The van der Waals surface area contributed by atoms with Gasteiger partial charge in [-0.2, -0.15) is 9.78 Å². The van der Waals surface area contributed by atoms with Crippen LogP contribution in [0.4, 0.5) is 5.69 Å². The molecule has 3 aromatic carbocycles. The normalized spacial score (nSPS) is 14.3. The Balaban J connectivity index is 1.55. The Morgan fingerprint density at radius 2 is 1.84 bits per heavy atom. The number of ether oxygens (including phenoxy) is 1. The van der Waals surface area contributed by atoms with Crippen LogP contribution in [-0.4, -0.2) is 20.8 Å². The molecule has 1 fully saturated rings. The molecule has 0 atom stereocenters. The number of fused-ring (bicyclic) bond motifs is 1. The summed E-state index contributed by atoms with van der Waals surface area (Å²) >= 11 is 3.42. The number of halogens is 1. The highest BCUT2D eigenvalue weighted by atomic mass is 79.9. The van der Waals surface area contributed by atoms with E-state index < -0.39 is 4.92 Å². The van der Waals surface area contributed by atoms with E-state index in [1.54, 1.807) is 18.2 Å². The molecule has 4 aromatic rings. The molecule has 0 aliphatic heterocycles. The van der Waals surface area contributed by atoms with Gasteiger partial charge in [0.05, 0.1) is 22.0 Å². The topological polar surface area (TPSA) is 99.6 Å². The summed E-state index contributed by atoms with van der Waals surface area (Å²) in [5, 5.41) is 16.5. The van der Waals surface area contributed by atoms with Crippen molar-refractivity contribution in [1.29, 1.82) is 0 Å². The first-order chi connectivity index (χ1) is 18.0. The highest BCUT2D eigenvalue weighted by Gasteiger charge is 2.22. The van der Waals surface area contributed by atoms with Gasteiger partial charge >= 0.3 is 0 Å². The van der Waals surface area contributed by atoms with Crippen LogP contribution in [0.1, 0.15) is 55.0 Å². The van der Waals surface area contributed by atoms with Gasteiger partial charge in [-0.25, -0.2) is 4.98 Å². The molecular weight excluding hydrogens is 536 g/mol. The van der Waals surface area contributed by atoms with Crippen LogP contribution < -0.4 is 10.3 Å². The lowest BCUT2D eigenvalue weighted by Gasteiger charge is -2.22. The number of nitrogens with zero attached hydrogens (tertiary/aromatic N) is 4. The lowest BCUT2D eigenvalue weighted by Crippen LogP contribution is -2.25. The zero-order valence-electron chi connectivity index (χ0n) is 20.0. The number of nitro groups is 1. The molecule has 0 N–H and O–H groups in total. The Kier molecular flexibility index (Phi) is 7.41. The van der Waals surface area contributed by atoms with Gasteiger partial charge < -0.3 is 4.74 Å². The molecular formula is C28H25BrN4O4. The van der Waals surface area contributed by atoms with Gasteiger partial charge in [0.2, 0.25) is 0 Å². The summed E-state index contributed by atoms with van der Waals surface area (Å²) in [7, 11) is 0. The first-order valence-electron chi connectivity index (χ1n) is 12.2. The molecule has 0 spiro atoms. The monoisotopic (exact) mass is 560 g/mol. The Hall–Kier alpha value is -3.85. The van der Waals surface area contributed by atoms with Crippen molar-refractivity contribution in [2.24, 2.45) is 5.10 Å². The molecule has 0 radical (unpaired) electrons. The Morgan fingerprint density at radius 1 is 1.08 bits per heavy atom. The minimum absolute atomic E-state index is 0.0890. The standard InChI is InChI=1S/C28H25BrN4O4/c29-22-12-10-19(11-13-22)18-37-26-15-14-23(33(35)36)16-21(26)17-30-32-27(20-6-2-1-3-7-20)31-25-9-5-4-8-24(25)28(32)34/h4-5,8-17,20H,1-3,6-7,18H2. The van der Waals surface area contributed by atoms with E-state index in [4.69, 9.17) is 9.72 Å². The van der Waals surface area contributed by atoms with Crippen LogP contribution in [0.2, 0.25) is 0 Å². The minimum Gasteiger partial charge on any atom is -0.488 e. The third-order valence-corrected chi connectivity index (χ3v) is 7.10. The van der Waals surface area contributed by atoms with Gasteiger partial charge in [-0.15, -0.1) is 0 Å². The van der Waals surface area contributed by atoms with Crippen LogP contribution in [0.15, 0.2) is 81.1 Å². The van der Waals surface area contributed by atoms with Gasteiger partial charge in [-0.3, -0.25) is 14.9 Å². The van der Waals surface area contributed by atoms with Crippen LogP contribution in [0.25, 0.3) is 10.9 Å². The van der Waals surface area contributed by atoms with Crippen molar-refractivity contribution in [2.75, 3.05) is 0 Å². The molecule has 0 saturated heterocycles. The second-order valence-corrected chi connectivity index (χ2v) is 9.99. The molecule has 8 nitrogen and oxygen atoms in total. The van der Waals surface area contributed by atoms with Gasteiger partial charge in [0.1, 0.15) is 18.2 Å². The second-order valence-electron chi connectivity index (χ2n) is 9.08. The Morgan fingerprint density at radius 3 is 2.59 bits per heavy atom. The van der Waals surface area contributed by atoms with E-state index in [1.807, 2.05) is 36.4 Å². The first kappa shape index (κ1) is 24.8. The number of benzene rings is 3. The van der Waals surface area contributed by atoms with Crippen LogP contribution in [0.3, 0.4) is 0 Å². The third-order valence-electron chi connectivity index (χ3n) is 6.57. The number of aromatic nitrogens is 2. The predicted molar refractivity (Wildman–Crippen MR) is 146 cm³/mol. The van der Waals surface area contributed by atoms with Crippen molar-refractivity contribution in [3.05, 3.63) is 109 Å². The average Bonchev–Trinajstić information content (AvgIpc) is 2.93. The van der Waals surface area contributed by atoms with E-state index >= 15 is 0 Å². The van der Waals surface area contributed by atoms with E-state index in [0.717, 1.165) is 35.7 Å². The number of rotatable bonds is 7. The predicted octanol–water partition coefficient (Wildman–Crippen LogP) is 6.58. The van der Waals surface area contributed by atoms with Crippen LogP contribution in [0, 0.1) is 10.1 Å². The summed E-state index contributed by atoms with van der Waals surface area (Å²) in [5.41, 5.74) is 1.65. The van der Waals surface area contributed by atoms with Crippen molar-refractivity contribution in [3.63, 3.8) is 0 Å². The SMILES string of the molecule is O=c1c2ccccc2nc(C2CCCCC2)n1N=Cc1cc([N+](=O)[O-])ccc1OCc1ccc(Br)cc1. The van der Waals surface area contributed by atoms with Crippen LogP contribution in [-0.2, 0) is 6.61 Å². The summed E-state index contributed by atoms with van der Waals surface area (Å²) in [6.07, 6.45) is 6.67. The smallest absolute Gasteiger partial charge is 0.282 e. The lowest BCUT2D eigenvalue weighted by molar-refractivity contribution is -0.384. The molecule has 9 heteroatoms. The first-order valence-corrected chi connectivity index (χ1v) is 13.0. The van der Waals surface area contributed by atoms with Crippen molar-refractivity contribution >= 4 is 38.7 Å². The number of hydrogen-bond donors (Lipinski definition) is 0. The van der Waals surface area contributed by atoms with Crippen molar-refractivity contribution in [2.45, 2.75) is 44.6 Å². The molecule has 0 bridgehead atoms. The fourth-order valence-electron chi connectivity index (χ4n) is 4.62. The maximum Gasteiger partial charge on any atom is 0.282 e.